The van der Waals surface area contributed by atoms with E-state index in [1.807, 2.05) is 12.1 Å². The van der Waals surface area contributed by atoms with Crippen molar-refractivity contribution in [3.05, 3.63) is 64.9 Å². The maximum absolute atomic E-state index is 15.0. The summed E-state index contributed by atoms with van der Waals surface area (Å²) in [4.78, 5) is 26.7. The number of alkyl halides is 2. The molecule has 7 nitrogen and oxygen atoms in total. The van der Waals surface area contributed by atoms with Crippen molar-refractivity contribution in [2.24, 2.45) is 0 Å². The van der Waals surface area contributed by atoms with E-state index in [1.165, 1.54) is 12.1 Å². The van der Waals surface area contributed by atoms with Crippen LogP contribution in [0.1, 0.15) is 48.8 Å². The first-order valence-electron chi connectivity index (χ1n) is 11.2. The Bertz CT molecular complexity index is 1310. The van der Waals surface area contributed by atoms with Crippen LogP contribution in [0, 0.1) is 12.7 Å². The number of nitrogens with one attached hydrogen (secondary N) is 1. The summed E-state index contributed by atoms with van der Waals surface area (Å²) in [5, 5.41) is 12.7. The summed E-state index contributed by atoms with van der Waals surface area (Å²) in [6, 6.07) is 4.88. The molecule has 0 fully saturated rings. The van der Waals surface area contributed by atoms with Gasteiger partial charge in [0.25, 0.3) is 5.92 Å². The SMILES string of the molecule is CC(=O)N1CC=C(c2cnc3nc(C)nc(N[C@H](C)c4cccc(C(F)(F)CO)c4F)c3c2)CC1. The lowest BCUT2D eigenvalue weighted by Crippen LogP contribution is -2.32. The molecule has 10 heteroatoms. The van der Waals surface area contributed by atoms with Crippen molar-refractivity contribution >= 4 is 28.3 Å². The molecular weight excluding hydrogens is 459 g/mol. The van der Waals surface area contributed by atoms with E-state index in [4.69, 9.17) is 5.11 Å². The molecule has 0 spiro atoms. The van der Waals surface area contributed by atoms with Crippen molar-refractivity contribution in [1.29, 1.82) is 0 Å². The Morgan fingerprint density at radius 3 is 2.74 bits per heavy atom. The molecule has 1 aromatic carbocycles. The molecule has 0 saturated carbocycles. The van der Waals surface area contributed by atoms with E-state index in [0.29, 0.717) is 42.2 Å². The standard InChI is InChI=1S/C25H26F3N5O2/c1-14(19-5-4-6-21(22(19)26)25(27,28)13-34)30-24-20-11-18(12-29-23(20)31-15(2)32-24)17-7-9-33(10-8-17)16(3)35/h4-7,11-12,14,34H,8-10,13H2,1-3H3,(H,29,30,31,32)/t14-/m1/s1. The first kappa shape index (κ1) is 24.6. The van der Waals surface area contributed by atoms with Crippen LogP contribution in [0.4, 0.5) is 19.0 Å². The first-order chi connectivity index (χ1) is 16.6. The van der Waals surface area contributed by atoms with Crippen LogP contribution in [0.2, 0.25) is 0 Å². The van der Waals surface area contributed by atoms with Gasteiger partial charge in [-0.3, -0.25) is 4.79 Å². The lowest BCUT2D eigenvalue weighted by molar-refractivity contribution is -0.128. The fourth-order valence-electron chi connectivity index (χ4n) is 4.16. The average molecular weight is 486 g/mol. The van der Waals surface area contributed by atoms with Gasteiger partial charge in [-0.2, -0.15) is 8.78 Å². The van der Waals surface area contributed by atoms with Crippen LogP contribution in [-0.2, 0) is 10.7 Å². The predicted molar refractivity (Wildman–Crippen MR) is 126 cm³/mol. The molecule has 4 rings (SSSR count). The third-order valence-electron chi connectivity index (χ3n) is 6.13. The number of nitrogens with zero attached hydrogens (tertiary/aromatic N) is 4. The number of pyridine rings is 1. The fraction of sp³-hybridized carbons (Fsp3) is 0.360. The van der Waals surface area contributed by atoms with Crippen LogP contribution in [0.5, 0.6) is 0 Å². The number of aliphatic hydroxyl groups is 1. The van der Waals surface area contributed by atoms with E-state index < -0.39 is 30.0 Å². The van der Waals surface area contributed by atoms with Crippen LogP contribution < -0.4 is 5.32 Å². The van der Waals surface area contributed by atoms with Gasteiger partial charge in [0.15, 0.2) is 5.65 Å². The van der Waals surface area contributed by atoms with E-state index >= 15 is 0 Å². The number of anilines is 1. The molecule has 0 unspecified atom stereocenters. The number of carbonyl (C=O) groups is 1. The van der Waals surface area contributed by atoms with Gasteiger partial charge < -0.3 is 15.3 Å². The summed E-state index contributed by atoms with van der Waals surface area (Å²) in [6.07, 6.45) is 4.38. The number of aromatic nitrogens is 3. The second-order valence-corrected chi connectivity index (χ2v) is 8.60. The van der Waals surface area contributed by atoms with Crippen LogP contribution >= 0.6 is 0 Å². The first-order valence-corrected chi connectivity index (χ1v) is 11.2. The summed E-state index contributed by atoms with van der Waals surface area (Å²) < 4.78 is 43.0. The molecule has 184 valence electrons. The number of amides is 1. The molecule has 2 N–H and O–H groups in total. The number of fused-ring (bicyclic) bond motifs is 1. The zero-order valence-corrected chi connectivity index (χ0v) is 19.6. The molecule has 3 aromatic rings. The number of aliphatic hydroxyl groups excluding tert-OH is 1. The van der Waals surface area contributed by atoms with Crippen LogP contribution in [0.25, 0.3) is 16.6 Å². The van der Waals surface area contributed by atoms with Gasteiger partial charge in [0.1, 0.15) is 24.1 Å². The van der Waals surface area contributed by atoms with E-state index in [0.717, 1.165) is 17.2 Å². The summed E-state index contributed by atoms with van der Waals surface area (Å²) in [7, 11) is 0. The molecule has 3 heterocycles. The number of rotatable bonds is 6. The minimum absolute atomic E-state index is 0.0171. The summed E-state index contributed by atoms with van der Waals surface area (Å²) in [5.41, 5.74) is 1.51. The van der Waals surface area contributed by atoms with Gasteiger partial charge >= 0.3 is 0 Å². The number of aryl methyl sites for hydroxylation is 1. The van der Waals surface area contributed by atoms with Crippen molar-refractivity contribution in [3.63, 3.8) is 0 Å². The molecule has 1 aliphatic rings. The molecule has 0 bridgehead atoms. The van der Waals surface area contributed by atoms with Crippen molar-refractivity contribution < 1.29 is 23.1 Å². The number of hydrogen-bond acceptors (Lipinski definition) is 6. The Kier molecular flexibility index (Phi) is 6.75. The number of halogens is 3. The van der Waals surface area contributed by atoms with E-state index in [2.05, 4.69) is 20.3 Å². The Balaban J connectivity index is 1.69. The minimum atomic E-state index is -3.69. The summed E-state index contributed by atoms with van der Waals surface area (Å²) in [5.74, 6) is -3.91. The lowest BCUT2D eigenvalue weighted by Gasteiger charge is -2.25. The van der Waals surface area contributed by atoms with Gasteiger partial charge in [-0.1, -0.05) is 18.2 Å². The van der Waals surface area contributed by atoms with Crippen molar-refractivity contribution in [3.8, 4) is 0 Å². The highest BCUT2D eigenvalue weighted by Gasteiger charge is 2.35. The molecule has 0 aliphatic carbocycles. The largest absolute Gasteiger partial charge is 0.390 e. The number of benzene rings is 1. The van der Waals surface area contributed by atoms with E-state index in [9.17, 15) is 18.0 Å². The van der Waals surface area contributed by atoms with Gasteiger partial charge in [-0.25, -0.2) is 19.3 Å². The van der Waals surface area contributed by atoms with Crippen molar-refractivity contribution in [1.82, 2.24) is 19.9 Å². The second kappa shape index (κ2) is 9.61. The highest BCUT2D eigenvalue weighted by atomic mass is 19.3. The minimum Gasteiger partial charge on any atom is -0.390 e. The van der Waals surface area contributed by atoms with Gasteiger partial charge in [-0.05, 0) is 43.5 Å². The maximum Gasteiger partial charge on any atom is 0.298 e. The number of hydrogen-bond donors (Lipinski definition) is 2. The van der Waals surface area contributed by atoms with Gasteiger partial charge in [0.2, 0.25) is 5.91 Å². The Morgan fingerprint density at radius 1 is 1.31 bits per heavy atom. The zero-order valence-electron chi connectivity index (χ0n) is 19.6. The molecule has 35 heavy (non-hydrogen) atoms. The average Bonchev–Trinajstić information content (AvgIpc) is 2.83. The molecule has 1 amide bonds. The molecular formula is C25H26F3N5O2. The topological polar surface area (TPSA) is 91.2 Å². The highest BCUT2D eigenvalue weighted by Crippen LogP contribution is 2.34. The van der Waals surface area contributed by atoms with Crippen molar-refractivity contribution in [2.75, 3.05) is 25.0 Å². The third kappa shape index (κ3) is 4.97. The predicted octanol–water partition coefficient (Wildman–Crippen LogP) is 4.37. The zero-order chi connectivity index (χ0) is 25.3. The van der Waals surface area contributed by atoms with Crippen molar-refractivity contribution in [2.45, 2.75) is 39.2 Å². The second-order valence-electron chi connectivity index (χ2n) is 8.60. The monoisotopic (exact) mass is 485 g/mol. The molecule has 0 radical (unpaired) electrons. The summed E-state index contributed by atoms with van der Waals surface area (Å²) >= 11 is 0. The summed E-state index contributed by atoms with van der Waals surface area (Å²) in [6.45, 7) is 4.52. The van der Waals surface area contributed by atoms with E-state index in [-0.39, 0.29) is 11.5 Å². The number of carbonyl (C=O) groups excluding carboxylic acids is 1. The molecule has 1 aliphatic heterocycles. The van der Waals surface area contributed by atoms with Gasteiger partial charge in [0.05, 0.1) is 17.0 Å². The normalized spacial score (nSPS) is 15.2. The Labute approximate surface area is 200 Å². The molecule has 2 aromatic heterocycles. The van der Waals surface area contributed by atoms with E-state index in [1.54, 1.807) is 31.9 Å². The smallest absolute Gasteiger partial charge is 0.298 e. The Morgan fingerprint density at radius 2 is 2.09 bits per heavy atom. The maximum atomic E-state index is 15.0. The van der Waals surface area contributed by atoms with Crippen LogP contribution in [0.15, 0.2) is 36.5 Å². The van der Waals surface area contributed by atoms with Gasteiger partial charge in [0, 0.05) is 31.8 Å². The quantitative estimate of drug-likeness (QED) is 0.539. The Hall–Kier alpha value is -3.53. The third-order valence-corrected chi connectivity index (χ3v) is 6.13. The lowest BCUT2D eigenvalue weighted by atomic mass is 9.99. The molecule has 0 saturated heterocycles. The highest BCUT2D eigenvalue weighted by molar-refractivity contribution is 5.89. The van der Waals surface area contributed by atoms with Crippen LogP contribution in [0.3, 0.4) is 0 Å². The van der Waals surface area contributed by atoms with Crippen LogP contribution in [-0.4, -0.2) is 50.6 Å². The fourth-order valence-corrected chi connectivity index (χ4v) is 4.16. The molecule has 1 atom stereocenters. The van der Waals surface area contributed by atoms with Gasteiger partial charge in [-0.15, -0.1) is 0 Å².